The van der Waals surface area contributed by atoms with Gasteiger partial charge in [0.15, 0.2) is 6.61 Å². The van der Waals surface area contributed by atoms with Crippen LogP contribution < -0.4 is 5.32 Å². The Kier molecular flexibility index (Phi) is 6.20. The molecule has 2 rings (SSSR count). The van der Waals surface area contributed by atoms with Gasteiger partial charge in [0.2, 0.25) is 10.0 Å². The van der Waals surface area contributed by atoms with Crippen LogP contribution in [0.25, 0.3) is 0 Å². The Morgan fingerprint density at radius 1 is 1.25 bits per heavy atom. The molecule has 1 aliphatic heterocycles. The third kappa shape index (κ3) is 4.25. The molecule has 0 bridgehead atoms. The van der Waals surface area contributed by atoms with E-state index in [9.17, 15) is 18.0 Å². The predicted molar refractivity (Wildman–Crippen MR) is 88.4 cm³/mol. The maximum Gasteiger partial charge on any atom is 0.340 e. The highest BCUT2D eigenvalue weighted by Gasteiger charge is 2.27. The van der Waals surface area contributed by atoms with Gasteiger partial charge >= 0.3 is 5.97 Å². The van der Waals surface area contributed by atoms with Crippen molar-refractivity contribution in [1.29, 1.82) is 0 Å². The summed E-state index contributed by atoms with van der Waals surface area (Å²) in [4.78, 5) is 23.2. The first-order valence-corrected chi connectivity index (χ1v) is 9.35. The van der Waals surface area contributed by atoms with Gasteiger partial charge in [0.25, 0.3) is 5.91 Å². The predicted octanol–water partition coefficient (Wildman–Crippen LogP) is 1.42. The molecule has 24 heavy (non-hydrogen) atoms. The maximum absolute atomic E-state index is 12.7. The van der Waals surface area contributed by atoms with Crippen LogP contribution >= 0.6 is 11.6 Å². The fourth-order valence-corrected chi connectivity index (χ4v) is 4.10. The lowest BCUT2D eigenvalue weighted by Gasteiger charge is -2.26. The molecule has 0 aliphatic carbocycles. The SMILES string of the molecule is CNC(=O)COC(=O)c1cc(S(=O)(=O)N2CCCCC2)ccc1Cl. The molecule has 1 aromatic rings. The molecule has 1 saturated heterocycles. The molecule has 7 nitrogen and oxygen atoms in total. The van der Waals surface area contributed by atoms with Crippen LogP contribution in [-0.2, 0) is 19.6 Å². The molecule has 1 aliphatic rings. The monoisotopic (exact) mass is 374 g/mol. The van der Waals surface area contributed by atoms with Crippen molar-refractivity contribution in [2.45, 2.75) is 24.2 Å². The average molecular weight is 375 g/mol. The summed E-state index contributed by atoms with van der Waals surface area (Å²) < 4.78 is 31.5. The van der Waals surface area contributed by atoms with Gasteiger partial charge in [-0.2, -0.15) is 4.31 Å². The van der Waals surface area contributed by atoms with Crippen LogP contribution in [0.4, 0.5) is 0 Å². The molecule has 1 heterocycles. The molecular formula is C15H19ClN2O5S. The number of piperidine rings is 1. The number of amides is 1. The van der Waals surface area contributed by atoms with E-state index in [0.717, 1.165) is 19.3 Å². The van der Waals surface area contributed by atoms with Gasteiger partial charge < -0.3 is 10.1 Å². The van der Waals surface area contributed by atoms with E-state index in [1.54, 1.807) is 0 Å². The Balaban J connectivity index is 2.24. The van der Waals surface area contributed by atoms with Crippen LogP contribution in [0.5, 0.6) is 0 Å². The van der Waals surface area contributed by atoms with E-state index < -0.39 is 28.5 Å². The minimum atomic E-state index is -3.68. The second kappa shape index (κ2) is 7.96. The smallest absolute Gasteiger partial charge is 0.340 e. The molecule has 132 valence electrons. The molecule has 1 aromatic carbocycles. The van der Waals surface area contributed by atoms with Crippen LogP contribution in [0.1, 0.15) is 29.6 Å². The molecule has 1 N–H and O–H groups in total. The zero-order valence-electron chi connectivity index (χ0n) is 13.2. The summed E-state index contributed by atoms with van der Waals surface area (Å²) in [6, 6.07) is 3.90. The van der Waals surface area contributed by atoms with E-state index in [0.29, 0.717) is 13.1 Å². The number of ether oxygens (including phenoxy) is 1. The van der Waals surface area contributed by atoms with Crippen LogP contribution in [-0.4, -0.2) is 51.3 Å². The Morgan fingerprint density at radius 3 is 2.54 bits per heavy atom. The van der Waals surface area contributed by atoms with Crippen LogP contribution in [0.3, 0.4) is 0 Å². The normalized spacial score (nSPS) is 15.8. The van der Waals surface area contributed by atoms with Crippen LogP contribution in [0.2, 0.25) is 5.02 Å². The second-order valence-electron chi connectivity index (χ2n) is 5.36. The van der Waals surface area contributed by atoms with Gasteiger partial charge in [-0.3, -0.25) is 4.79 Å². The second-order valence-corrected chi connectivity index (χ2v) is 7.70. The number of hydrogen-bond acceptors (Lipinski definition) is 5. The van der Waals surface area contributed by atoms with Gasteiger partial charge in [-0.25, -0.2) is 13.2 Å². The number of likely N-dealkylation sites (N-methyl/N-ethyl adjacent to an activating group) is 1. The zero-order chi connectivity index (χ0) is 17.7. The number of hydrogen-bond donors (Lipinski definition) is 1. The summed E-state index contributed by atoms with van der Waals surface area (Å²) in [5.74, 6) is -1.32. The fraction of sp³-hybridized carbons (Fsp3) is 0.467. The van der Waals surface area contributed by atoms with Gasteiger partial charge in [-0.1, -0.05) is 18.0 Å². The van der Waals surface area contributed by atoms with Gasteiger partial charge in [-0.05, 0) is 31.0 Å². The standard InChI is InChI=1S/C15H19ClN2O5S/c1-17-14(19)10-23-15(20)12-9-11(5-6-13(12)16)24(21,22)18-7-3-2-4-8-18/h5-6,9H,2-4,7-8,10H2,1H3,(H,17,19). The van der Waals surface area contributed by atoms with Crippen molar-refractivity contribution in [2.75, 3.05) is 26.7 Å². The summed E-state index contributed by atoms with van der Waals surface area (Å²) >= 11 is 5.97. The summed E-state index contributed by atoms with van der Waals surface area (Å²) in [5.41, 5.74) is -0.0846. The summed E-state index contributed by atoms with van der Waals surface area (Å²) in [6.07, 6.45) is 2.63. The van der Waals surface area contributed by atoms with Crippen molar-refractivity contribution in [3.8, 4) is 0 Å². The molecular weight excluding hydrogens is 356 g/mol. The molecule has 1 amide bonds. The summed E-state index contributed by atoms with van der Waals surface area (Å²) in [7, 11) is -2.27. The van der Waals surface area contributed by atoms with E-state index in [1.807, 2.05) is 0 Å². The van der Waals surface area contributed by atoms with Crippen molar-refractivity contribution in [1.82, 2.24) is 9.62 Å². The Hall–Kier alpha value is -1.64. The quantitative estimate of drug-likeness (QED) is 0.787. The minimum Gasteiger partial charge on any atom is -0.452 e. The highest BCUT2D eigenvalue weighted by Crippen LogP contribution is 2.25. The number of rotatable bonds is 5. The first-order valence-electron chi connectivity index (χ1n) is 7.53. The van der Waals surface area contributed by atoms with Crippen molar-refractivity contribution < 1.29 is 22.7 Å². The molecule has 0 spiro atoms. The molecule has 0 saturated carbocycles. The lowest BCUT2D eigenvalue weighted by Crippen LogP contribution is -2.35. The van der Waals surface area contributed by atoms with E-state index >= 15 is 0 Å². The van der Waals surface area contributed by atoms with Crippen molar-refractivity contribution in [2.24, 2.45) is 0 Å². The van der Waals surface area contributed by atoms with E-state index in [1.165, 1.54) is 29.6 Å². The average Bonchev–Trinajstić information content (AvgIpc) is 2.60. The Morgan fingerprint density at radius 2 is 1.92 bits per heavy atom. The van der Waals surface area contributed by atoms with Gasteiger partial charge in [0.05, 0.1) is 15.5 Å². The highest BCUT2D eigenvalue weighted by atomic mass is 35.5. The first kappa shape index (κ1) is 18.7. The third-order valence-electron chi connectivity index (χ3n) is 3.72. The van der Waals surface area contributed by atoms with Crippen molar-refractivity contribution in [3.63, 3.8) is 0 Å². The van der Waals surface area contributed by atoms with E-state index in [2.05, 4.69) is 5.32 Å². The van der Waals surface area contributed by atoms with E-state index in [4.69, 9.17) is 16.3 Å². The number of benzene rings is 1. The topological polar surface area (TPSA) is 92.8 Å². The third-order valence-corrected chi connectivity index (χ3v) is 5.95. The summed E-state index contributed by atoms with van der Waals surface area (Å²) in [6.45, 7) is 0.456. The van der Waals surface area contributed by atoms with Crippen molar-refractivity contribution >= 4 is 33.5 Å². The maximum atomic E-state index is 12.7. The lowest BCUT2D eigenvalue weighted by molar-refractivity contribution is -0.123. The minimum absolute atomic E-state index is 0.0132. The highest BCUT2D eigenvalue weighted by molar-refractivity contribution is 7.89. The van der Waals surface area contributed by atoms with Gasteiger partial charge in [-0.15, -0.1) is 0 Å². The lowest BCUT2D eigenvalue weighted by atomic mass is 10.2. The zero-order valence-corrected chi connectivity index (χ0v) is 14.8. The molecule has 9 heteroatoms. The van der Waals surface area contributed by atoms with Crippen LogP contribution in [0, 0.1) is 0 Å². The van der Waals surface area contributed by atoms with Gasteiger partial charge in [0.1, 0.15) is 0 Å². The number of nitrogens with zero attached hydrogens (tertiary/aromatic N) is 1. The number of carbonyl (C=O) groups is 2. The van der Waals surface area contributed by atoms with E-state index in [-0.39, 0.29) is 15.5 Å². The molecule has 1 fully saturated rings. The molecule has 0 unspecified atom stereocenters. The number of esters is 1. The Bertz CT molecular complexity index is 729. The van der Waals surface area contributed by atoms with Gasteiger partial charge in [0, 0.05) is 20.1 Å². The number of sulfonamides is 1. The molecule has 0 radical (unpaired) electrons. The summed E-state index contributed by atoms with van der Waals surface area (Å²) in [5, 5.41) is 2.38. The van der Waals surface area contributed by atoms with Crippen molar-refractivity contribution in [3.05, 3.63) is 28.8 Å². The largest absolute Gasteiger partial charge is 0.452 e. The molecule has 0 aromatic heterocycles. The first-order chi connectivity index (χ1) is 11.4. The number of carbonyl (C=O) groups excluding carboxylic acids is 2. The Labute approximate surface area is 146 Å². The molecule has 0 atom stereocenters. The fourth-order valence-electron chi connectivity index (χ4n) is 2.36. The number of nitrogens with one attached hydrogen (secondary N) is 1. The van der Waals surface area contributed by atoms with Crippen LogP contribution in [0.15, 0.2) is 23.1 Å². The number of halogens is 1.